The zero-order valence-corrected chi connectivity index (χ0v) is 12.6. The van der Waals surface area contributed by atoms with Gasteiger partial charge in [-0.3, -0.25) is 4.79 Å². The molecule has 0 saturated carbocycles. The van der Waals surface area contributed by atoms with E-state index in [0.717, 1.165) is 29.6 Å². The molecule has 5 nitrogen and oxygen atoms in total. The minimum atomic E-state index is -0.00690. The number of nitrogens with zero attached hydrogens (tertiary/aromatic N) is 1. The van der Waals surface area contributed by atoms with Gasteiger partial charge in [-0.05, 0) is 12.5 Å². The first-order chi connectivity index (χ1) is 10.2. The Morgan fingerprint density at radius 2 is 2.00 bits per heavy atom. The van der Waals surface area contributed by atoms with Crippen LogP contribution in [0.25, 0.3) is 10.9 Å². The van der Waals surface area contributed by atoms with Crippen LogP contribution in [0.1, 0.15) is 6.42 Å². The zero-order chi connectivity index (χ0) is 15.1. The largest absolute Gasteiger partial charge is 0.384 e. The van der Waals surface area contributed by atoms with E-state index in [1.807, 2.05) is 24.3 Å². The van der Waals surface area contributed by atoms with Crippen molar-refractivity contribution in [2.45, 2.75) is 6.42 Å². The van der Waals surface area contributed by atoms with Gasteiger partial charge >= 0.3 is 0 Å². The van der Waals surface area contributed by atoms with Crippen LogP contribution in [-0.2, 0) is 16.5 Å². The Morgan fingerprint density at radius 1 is 1.19 bits per heavy atom. The molecule has 0 aliphatic heterocycles. The van der Waals surface area contributed by atoms with E-state index >= 15 is 0 Å². The quantitative estimate of drug-likeness (QED) is 0.756. The van der Waals surface area contributed by atoms with Crippen molar-refractivity contribution in [1.82, 2.24) is 4.57 Å². The predicted octanol–water partition coefficient (Wildman–Crippen LogP) is 2.00. The van der Waals surface area contributed by atoms with Crippen molar-refractivity contribution in [2.24, 2.45) is 7.05 Å². The molecular formula is C16H22N2O3. The number of fused-ring (bicyclic) bond motifs is 1. The van der Waals surface area contributed by atoms with Crippen LogP contribution in [0.5, 0.6) is 0 Å². The highest BCUT2D eigenvalue weighted by Crippen LogP contribution is 2.20. The number of aromatic nitrogens is 1. The minimum absolute atomic E-state index is 0.00690. The van der Waals surface area contributed by atoms with Crippen LogP contribution in [0, 0.1) is 0 Å². The predicted molar refractivity (Wildman–Crippen MR) is 85.0 cm³/mol. The van der Waals surface area contributed by atoms with Gasteiger partial charge in [-0.1, -0.05) is 18.2 Å². The normalized spacial score (nSPS) is 11.0. The number of ether oxygens (including phenoxy) is 2. The van der Waals surface area contributed by atoms with Crippen molar-refractivity contribution in [2.75, 3.05) is 38.8 Å². The monoisotopic (exact) mass is 290 g/mol. The van der Waals surface area contributed by atoms with Gasteiger partial charge in [0.25, 0.3) is 5.56 Å². The molecule has 0 aliphatic carbocycles. The Balaban J connectivity index is 1.96. The summed E-state index contributed by atoms with van der Waals surface area (Å²) in [6.07, 6.45) is 0.882. The lowest BCUT2D eigenvalue weighted by atomic mass is 10.2. The van der Waals surface area contributed by atoms with Crippen molar-refractivity contribution >= 4 is 16.6 Å². The second-order valence-corrected chi connectivity index (χ2v) is 4.86. The van der Waals surface area contributed by atoms with Gasteiger partial charge in [0.1, 0.15) is 0 Å². The topological polar surface area (TPSA) is 52.5 Å². The summed E-state index contributed by atoms with van der Waals surface area (Å²) in [5.74, 6) is 0. The van der Waals surface area contributed by atoms with Crippen LogP contribution in [0.15, 0.2) is 35.1 Å². The molecule has 1 aromatic heterocycles. The average molecular weight is 290 g/mol. The molecule has 2 rings (SSSR count). The summed E-state index contributed by atoms with van der Waals surface area (Å²) in [4.78, 5) is 11.9. The molecule has 0 saturated heterocycles. The maximum Gasteiger partial charge on any atom is 0.252 e. The van der Waals surface area contributed by atoms with E-state index in [9.17, 15) is 4.79 Å². The molecule has 0 spiro atoms. The highest BCUT2D eigenvalue weighted by atomic mass is 16.5. The molecule has 0 fully saturated rings. The SMILES string of the molecule is COCCOCCCNc1cc(=O)n(C)c2ccccc12. The number of aryl methyl sites for hydroxylation is 1. The van der Waals surface area contributed by atoms with E-state index in [-0.39, 0.29) is 5.56 Å². The van der Waals surface area contributed by atoms with Crippen LogP contribution in [-0.4, -0.2) is 38.0 Å². The van der Waals surface area contributed by atoms with Crippen molar-refractivity contribution in [3.8, 4) is 0 Å². The Bertz CT molecular complexity index is 637. The fourth-order valence-electron chi connectivity index (χ4n) is 2.20. The number of nitrogens with one attached hydrogen (secondary N) is 1. The molecule has 1 aromatic carbocycles. The van der Waals surface area contributed by atoms with E-state index in [2.05, 4.69) is 5.32 Å². The van der Waals surface area contributed by atoms with Gasteiger partial charge in [0, 0.05) is 44.4 Å². The smallest absolute Gasteiger partial charge is 0.252 e. The molecule has 21 heavy (non-hydrogen) atoms. The van der Waals surface area contributed by atoms with Crippen molar-refractivity contribution < 1.29 is 9.47 Å². The summed E-state index contributed by atoms with van der Waals surface area (Å²) < 4.78 is 12.0. The third-order valence-electron chi connectivity index (χ3n) is 3.37. The summed E-state index contributed by atoms with van der Waals surface area (Å²) in [5.41, 5.74) is 1.81. The summed E-state index contributed by atoms with van der Waals surface area (Å²) in [7, 11) is 3.45. The van der Waals surface area contributed by atoms with E-state index in [1.165, 1.54) is 0 Å². The summed E-state index contributed by atoms with van der Waals surface area (Å²) in [5, 5.41) is 4.38. The third-order valence-corrected chi connectivity index (χ3v) is 3.37. The molecule has 0 radical (unpaired) electrons. The zero-order valence-electron chi connectivity index (χ0n) is 12.6. The van der Waals surface area contributed by atoms with E-state index in [4.69, 9.17) is 9.47 Å². The Hall–Kier alpha value is -1.85. The molecule has 0 amide bonds. The molecule has 5 heteroatoms. The maximum atomic E-state index is 11.9. The van der Waals surface area contributed by atoms with Crippen molar-refractivity contribution in [1.29, 1.82) is 0 Å². The average Bonchev–Trinajstić information content (AvgIpc) is 2.51. The van der Waals surface area contributed by atoms with Gasteiger partial charge in [-0.15, -0.1) is 0 Å². The first-order valence-electron chi connectivity index (χ1n) is 7.13. The molecule has 114 valence electrons. The number of methoxy groups -OCH3 is 1. The number of para-hydroxylation sites is 1. The molecule has 0 aliphatic rings. The fourth-order valence-corrected chi connectivity index (χ4v) is 2.20. The molecule has 2 aromatic rings. The van der Waals surface area contributed by atoms with Gasteiger partial charge in [0.05, 0.1) is 18.7 Å². The standard InChI is InChI=1S/C16H22N2O3/c1-18-15-7-4-3-6-13(15)14(12-16(18)19)17-8-5-9-21-11-10-20-2/h3-4,6-7,12,17H,5,8-11H2,1-2H3. The summed E-state index contributed by atoms with van der Waals surface area (Å²) >= 11 is 0. The Kier molecular flexibility index (Phi) is 5.78. The van der Waals surface area contributed by atoms with Gasteiger partial charge < -0.3 is 19.4 Å². The van der Waals surface area contributed by atoms with Crippen LogP contribution in [0.4, 0.5) is 5.69 Å². The lowest BCUT2D eigenvalue weighted by Crippen LogP contribution is -2.18. The molecular weight excluding hydrogens is 268 g/mol. The number of hydrogen-bond acceptors (Lipinski definition) is 4. The van der Waals surface area contributed by atoms with E-state index in [1.54, 1.807) is 24.8 Å². The van der Waals surface area contributed by atoms with Crippen molar-refractivity contribution in [3.05, 3.63) is 40.7 Å². The number of anilines is 1. The Morgan fingerprint density at radius 3 is 2.81 bits per heavy atom. The van der Waals surface area contributed by atoms with Crippen LogP contribution < -0.4 is 10.9 Å². The lowest BCUT2D eigenvalue weighted by molar-refractivity contribution is 0.0705. The molecule has 1 heterocycles. The third kappa shape index (κ3) is 4.06. The van der Waals surface area contributed by atoms with E-state index < -0.39 is 0 Å². The van der Waals surface area contributed by atoms with E-state index in [0.29, 0.717) is 19.8 Å². The molecule has 1 N–H and O–H groups in total. The highest BCUT2D eigenvalue weighted by molar-refractivity contribution is 5.91. The lowest BCUT2D eigenvalue weighted by Gasteiger charge is -2.12. The number of pyridine rings is 1. The minimum Gasteiger partial charge on any atom is -0.384 e. The van der Waals surface area contributed by atoms with Crippen LogP contribution in [0.3, 0.4) is 0 Å². The summed E-state index contributed by atoms with van der Waals surface area (Å²) in [6, 6.07) is 9.54. The van der Waals surface area contributed by atoms with Crippen LogP contribution in [0.2, 0.25) is 0 Å². The van der Waals surface area contributed by atoms with Gasteiger partial charge in [-0.25, -0.2) is 0 Å². The highest BCUT2D eigenvalue weighted by Gasteiger charge is 2.05. The molecule has 0 atom stereocenters. The first-order valence-corrected chi connectivity index (χ1v) is 7.13. The first kappa shape index (κ1) is 15.5. The number of hydrogen-bond donors (Lipinski definition) is 1. The van der Waals surface area contributed by atoms with Gasteiger partial charge in [-0.2, -0.15) is 0 Å². The maximum absolute atomic E-state index is 11.9. The second-order valence-electron chi connectivity index (χ2n) is 4.86. The molecule has 0 unspecified atom stereocenters. The Labute approximate surface area is 124 Å². The summed E-state index contributed by atoms with van der Waals surface area (Å²) in [6.45, 7) is 2.68. The number of benzene rings is 1. The van der Waals surface area contributed by atoms with Gasteiger partial charge in [0.2, 0.25) is 0 Å². The second kappa shape index (κ2) is 7.81. The van der Waals surface area contributed by atoms with Crippen molar-refractivity contribution in [3.63, 3.8) is 0 Å². The fraction of sp³-hybridized carbons (Fsp3) is 0.438. The van der Waals surface area contributed by atoms with Gasteiger partial charge in [0.15, 0.2) is 0 Å². The number of rotatable bonds is 8. The molecule has 0 bridgehead atoms. The van der Waals surface area contributed by atoms with Crippen LogP contribution >= 0.6 is 0 Å².